The fourth-order valence-corrected chi connectivity index (χ4v) is 3.13. The van der Waals surface area contributed by atoms with Gasteiger partial charge < -0.3 is 10.1 Å². The van der Waals surface area contributed by atoms with E-state index in [1.54, 1.807) is 12.1 Å². The summed E-state index contributed by atoms with van der Waals surface area (Å²) in [6.45, 7) is 4.67. The van der Waals surface area contributed by atoms with E-state index >= 15 is 0 Å². The summed E-state index contributed by atoms with van der Waals surface area (Å²) in [5.41, 5.74) is 0.632. The molecule has 112 valence electrons. The molecule has 0 saturated carbocycles. The first-order chi connectivity index (χ1) is 9.70. The third kappa shape index (κ3) is 4.44. The van der Waals surface area contributed by atoms with E-state index in [4.69, 9.17) is 16.3 Å². The van der Waals surface area contributed by atoms with Gasteiger partial charge in [-0.1, -0.05) is 24.6 Å². The van der Waals surface area contributed by atoms with Crippen LogP contribution in [0.2, 0.25) is 5.02 Å². The summed E-state index contributed by atoms with van der Waals surface area (Å²) in [7, 11) is 0. The molecule has 1 aromatic rings. The van der Waals surface area contributed by atoms with Gasteiger partial charge in [-0.05, 0) is 50.3 Å². The van der Waals surface area contributed by atoms with Crippen molar-refractivity contribution >= 4 is 11.6 Å². The molecule has 1 unspecified atom stereocenters. The zero-order valence-corrected chi connectivity index (χ0v) is 12.8. The predicted molar refractivity (Wildman–Crippen MR) is 80.7 cm³/mol. The Hall–Kier alpha value is -0.640. The molecule has 0 spiro atoms. The largest absolute Gasteiger partial charge is 0.381 e. The molecule has 1 heterocycles. The van der Waals surface area contributed by atoms with Gasteiger partial charge in [0.25, 0.3) is 0 Å². The van der Waals surface area contributed by atoms with Crippen LogP contribution in [0.15, 0.2) is 18.2 Å². The summed E-state index contributed by atoms with van der Waals surface area (Å²) in [5, 5.41) is 3.99. The van der Waals surface area contributed by atoms with Gasteiger partial charge >= 0.3 is 0 Å². The maximum Gasteiger partial charge on any atom is 0.127 e. The molecule has 0 bridgehead atoms. The van der Waals surface area contributed by atoms with Gasteiger partial charge in [0.15, 0.2) is 0 Å². The molecule has 1 fully saturated rings. The molecule has 0 radical (unpaired) electrons. The zero-order valence-electron chi connectivity index (χ0n) is 12.0. The number of hydrogen-bond donors (Lipinski definition) is 1. The predicted octanol–water partition coefficient (Wildman–Crippen LogP) is 3.82. The highest BCUT2D eigenvalue weighted by Gasteiger charge is 2.21. The van der Waals surface area contributed by atoms with Gasteiger partial charge in [-0.2, -0.15) is 0 Å². The van der Waals surface area contributed by atoms with E-state index in [2.05, 4.69) is 12.2 Å². The average molecular weight is 300 g/mol. The SMILES string of the molecule is CCNC(Cc1c(F)cccc1Cl)CC1CCOCC1. The van der Waals surface area contributed by atoms with Crippen molar-refractivity contribution in [3.05, 3.63) is 34.6 Å². The normalized spacial score (nSPS) is 18.1. The van der Waals surface area contributed by atoms with Crippen molar-refractivity contribution in [3.63, 3.8) is 0 Å². The first-order valence-corrected chi connectivity index (χ1v) is 7.82. The Morgan fingerprint density at radius 2 is 2.15 bits per heavy atom. The quantitative estimate of drug-likeness (QED) is 0.862. The molecule has 1 atom stereocenters. The van der Waals surface area contributed by atoms with E-state index in [1.165, 1.54) is 6.07 Å². The first kappa shape index (κ1) is 15.7. The van der Waals surface area contributed by atoms with Crippen LogP contribution in [0.3, 0.4) is 0 Å². The molecule has 1 N–H and O–H groups in total. The van der Waals surface area contributed by atoms with Crippen LogP contribution in [0, 0.1) is 11.7 Å². The second kappa shape index (κ2) is 7.96. The van der Waals surface area contributed by atoms with E-state index in [-0.39, 0.29) is 11.9 Å². The van der Waals surface area contributed by atoms with Gasteiger partial charge in [0.2, 0.25) is 0 Å². The Kier molecular flexibility index (Phi) is 6.27. The van der Waals surface area contributed by atoms with Gasteiger partial charge in [-0.15, -0.1) is 0 Å². The number of benzene rings is 1. The second-order valence-electron chi connectivity index (χ2n) is 5.45. The fourth-order valence-electron chi connectivity index (χ4n) is 2.89. The number of nitrogens with one attached hydrogen (secondary N) is 1. The minimum Gasteiger partial charge on any atom is -0.381 e. The highest BCUT2D eigenvalue weighted by molar-refractivity contribution is 6.31. The summed E-state index contributed by atoms with van der Waals surface area (Å²) >= 11 is 6.13. The van der Waals surface area contributed by atoms with Crippen LogP contribution in [0.25, 0.3) is 0 Å². The Morgan fingerprint density at radius 1 is 1.40 bits per heavy atom. The van der Waals surface area contributed by atoms with Crippen molar-refractivity contribution in [2.45, 2.75) is 38.6 Å². The molecule has 1 aromatic carbocycles. The molecule has 4 heteroatoms. The van der Waals surface area contributed by atoms with Crippen molar-refractivity contribution in [1.29, 1.82) is 0 Å². The van der Waals surface area contributed by atoms with Crippen molar-refractivity contribution in [1.82, 2.24) is 5.32 Å². The number of hydrogen-bond acceptors (Lipinski definition) is 2. The summed E-state index contributed by atoms with van der Waals surface area (Å²) in [4.78, 5) is 0. The molecule has 1 aliphatic rings. The minimum atomic E-state index is -0.201. The molecular weight excluding hydrogens is 277 g/mol. The van der Waals surface area contributed by atoms with Gasteiger partial charge in [-0.3, -0.25) is 0 Å². The highest BCUT2D eigenvalue weighted by Crippen LogP contribution is 2.25. The number of rotatable bonds is 6. The standard InChI is InChI=1S/C16H23ClFNO/c1-2-19-13(10-12-6-8-20-9-7-12)11-14-15(17)4-3-5-16(14)18/h3-5,12-13,19H,2,6-11H2,1H3. The molecule has 1 aliphatic heterocycles. The van der Waals surface area contributed by atoms with Crippen LogP contribution in [-0.2, 0) is 11.2 Å². The van der Waals surface area contributed by atoms with Crippen molar-refractivity contribution in [2.75, 3.05) is 19.8 Å². The third-order valence-electron chi connectivity index (χ3n) is 3.96. The van der Waals surface area contributed by atoms with E-state index in [0.717, 1.165) is 39.0 Å². The van der Waals surface area contributed by atoms with E-state index in [1.807, 2.05) is 0 Å². The summed E-state index contributed by atoms with van der Waals surface area (Å²) in [6, 6.07) is 5.18. The van der Waals surface area contributed by atoms with Gasteiger partial charge in [0.1, 0.15) is 5.82 Å². The number of likely N-dealkylation sites (N-methyl/N-ethyl adjacent to an activating group) is 1. The van der Waals surface area contributed by atoms with Gasteiger partial charge in [-0.25, -0.2) is 4.39 Å². The van der Waals surface area contributed by atoms with Crippen LogP contribution in [-0.4, -0.2) is 25.8 Å². The second-order valence-corrected chi connectivity index (χ2v) is 5.86. The summed E-state index contributed by atoms with van der Waals surface area (Å²) in [6.07, 6.45) is 3.92. The van der Waals surface area contributed by atoms with Crippen LogP contribution in [0.5, 0.6) is 0 Å². The molecular formula is C16H23ClFNO. The Labute approximate surface area is 125 Å². The maximum absolute atomic E-state index is 13.9. The number of halogens is 2. The van der Waals surface area contributed by atoms with Gasteiger partial charge in [0.05, 0.1) is 0 Å². The van der Waals surface area contributed by atoms with Crippen molar-refractivity contribution in [3.8, 4) is 0 Å². The van der Waals surface area contributed by atoms with E-state index < -0.39 is 0 Å². The highest BCUT2D eigenvalue weighted by atomic mass is 35.5. The zero-order chi connectivity index (χ0) is 14.4. The molecule has 0 aromatic heterocycles. The smallest absolute Gasteiger partial charge is 0.127 e. The Morgan fingerprint density at radius 3 is 2.80 bits per heavy atom. The topological polar surface area (TPSA) is 21.3 Å². The maximum atomic E-state index is 13.9. The first-order valence-electron chi connectivity index (χ1n) is 7.44. The Balaban J connectivity index is 2.00. The monoisotopic (exact) mass is 299 g/mol. The van der Waals surface area contributed by atoms with Crippen LogP contribution in [0.4, 0.5) is 4.39 Å². The summed E-state index contributed by atoms with van der Waals surface area (Å²) in [5.74, 6) is 0.464. The lowest BCUT2D eigenvalue weighted by molar-refractivity contribution is 0.0606. The van der Waals surface area contributed by atoms with Crippen molar-refractivity contribution < 1.29 is 9.13 Å². The summed E-state index contributed by atoms with van der Waals surface area (Å²) < 4.78 is 19.3. The molecule has 1 saturated heterocycles. The molecule has 2 rings (SSSR count). The lowest BCUT2D eigenvalue weighted by atomic mass is 9.89. The molecule has 0 aliphatic carbocycles. The van der Waals surface area contributed by atoms with Crippen LogP contribution < -0.4 is 5.32 Å². The fraction of sp³-hybridized carbons (Fsp3) is 0.625. The minimum absolute atomic E-state index is 0.201. The Bertz CT molecular complexity index is 401. The van der Waals surface area contributed by atoms with Crippen LogP contribution in [0.1, 0.15) is 31.7 Å². The third-order valence-corrected chi connectivity index (χ3v) is 4.32. The average Bonchev–Trinajstić information content (AvgIpc) is 2.44. The molecule has 2 nitrogen and oxygen atoms in total. The van der Waals surface area contributed by atoms with Crippen molar-refractivity contribution in [2.24, 2.45) is 5.92 Å². The van der Waals surface area contributed by atoms with E-state index in [9.17, 15) is 4.39 Å². The molecule has 0 amide bonds. The van der Waals surface area contributed by atoms with Gasteiger partial charge in [0, 0.05) is 29.8 Å². The lowest BCUT2D eigenvalue weighted by Gasteiger charge is -2.27. The van der Waals surface area contributed by atoms with E-state index in [0.29, 0.717) is 22.9 Å². The lowest BCUT2D eigenvalue weighted by Crippen LogP contribution is -2.34. The number of ether oxygens (including phenoxy) is 1. The molecule has 20 heavy (non-hydrogen) atoms. The van der Waals surface area contributed by atoms with Crippen LogP contribution >= 0.6 is 11.6 Å².